The highest BCUT2D eigenvalue weighted by Gasteiger charge is 2.20. The molecule has 0 radical (unpaired) electrons. The molecule has 2 heterocycles. The van der Waals surface area contributed by atoms with Crippen molar-refractivity contribution in [2.75, 3.05) is 7.05 Å². The summed E-state index contributed by atoms with van der Waals surface area (Å²) in [6.07, 6.45) is 3.26. The number of nitrogens with zero attached hydrogens (tertiary/aromatic N) is 1. The number of rotatable bonds is 6. The van der Waals surface area contributed by atoms with Gasteiger partial charge < -0.3 is 9.73 Å². The lowest BCUT2D eigenvalue weighted by molar-refractivity contribution is 0.465. The number of nitrogens with one attached hydrogen (secondary N) is 2. The molecule has 0 atom stereocenters. The van der Waals surface area contributed by atoms with E-state index in [1.807, 2.05) is 6.07 Å². The van der Waals surface area contributed by atoms with Gasteiger partial charge in [-0.3, -0.25) is 4.98 Å². The van der Waals surface area contributed by atoms with E-state index in [4.69, 9.17) is 4.42 Å². The Balaban J connectivity index is 2.14. The first-order chi connectivity index (χ1) is 9.53. The van der Waals surface area contributed by atoms with Crippen molar-refractivity contribution in [2.24, 2.45) is 0 Å². The van der Waals surface area contributed by atoms with Crippen LogP contribution >= 0.6 is 0 Å². The van der Waals surface area contributed by atoms with Gasteiger partial charge in [0.25, 0.3) is 0 Å². The zero-order chi connectivity index (χ0) is 14.6. The van der Waals surface area contributed by atoms with E-state index in [1.165, 1.54) is 6.07 Å². The summed E-state index contributed by atoms with van der Waals surface area (Å²) in [5.74, 6) is 0.973. The van der Waals surface area contributed by atoms with Crippen molar-refractivity contribution in [3.8, 4) is 0 Å². The lowest BCUT2D eigenvalue weighted by Gasteiger charge is -2.05. The highest BCUT2D eigenvalue weighted by Crippen LogP contribution is 2.20. The third-order valence-corrected chi connectivity index (χ3v) is 4.26. The van der Waals surface area contributed by atoms with E-state index >= 15 is 0 Å². The summed E-state index contributed by atoms with van der Waals surface area (Å²) in [4.78, 5) is 4.12. The molecule has 2 N–H and O–H groups in total. The van der Waals surface area contributed by atoms with Crippen LogP contribution in [-0.2, 0) is 23.1 Å². The molecule has 7 heteroatoms. The van der Waals surface area contributed by atoms with Crippen LogP contribution in [0.15, 0.2) is 39.9 Å². The predicted molar refractivity (Wildman–Crippen MR) is 74.5 cm³/mol. The number of hydrogen-bond acceptors (Lipinski definition) is 5. The van der Waals surface area contributed by atoms with Crippen LogP contribution in [0.2, 0.25) is 0 Å². The van der Waals surface area contributed by atoms with Crippen LogP contribution in [0.25, 0.3) is 0 Å². The normalized spacial score (nSPS) is 11.7. The highest BCUT2D eigenvalue weighted by atomic mass is 32.2. The molecule has 0 amide bonds. The molecule has 2 aromatic heterocycles. The molecule has 0 spiro atoms. The molecule has 6 nitrogen and oxygen atoms in total. The topological polar surface area (TPSA) is 84.2 Å². The van der Waals surface area contributed by atoms with Crippen molar-refractivity contribution in [1.82, 2.24) is 15.0 Å². The molecule has 0 unspecified atom stereocenters. The molecular weight excluding hydrogens is 278 g/mol. The first-order valence-electron chi connectivity index (χ1n) is 6.15. The van der Waals surface area contributed by atoms with Gasteiger partial charge in [-0.2, -0.15) is 0 Å². The minimum atomic E-state index is -3.59. The van der Waals surface area contributed by atoms with Crippen LogP contribution in [0.3, 0.4) is 0 Å². The highest BCUT2D eigenvalue weighted by molar-refractivity contribution is 7.89. The van der Waals surface area contributed by atoms with E-state index in [0.29, 0.717) is 18.1 Å². The zero-order valence-corrected chi connectivity index (χ0v) is 12.2. The van der Waals surface area contributed by atoms with Gasteiger partial charge in [0.15, 0.2) is 0 Å². The number of pyridine rings is 1. The van der Waals surface area contributed by atoms with E-state index in [0.717, 1.165) is 5.56 Å². The van der Waals surface area contributed by atoms with Crippen molar-refractivity contribution in [3.05, 3.63) is 47.7 Å². The molecular formula is C13H17N3O3S. The summed E-state index contributed by atoms with van der Waals surface area (Å²) in [5, 5.41) is 2.92. The second-order valence-electron chi connectivity index (χ2n) is 4.35. The molecule has 20 heavy (non-hydrogen) atoms. The summed E-state index contributed by atoms with van der Waals surface area (Å²) in [6, 6.07) is 5.11. The Morgan fingerprint density at radius 2 is 2.15 bits per heavy atom. The predicted octanol–water partition coefficient (Wildman–Crippen LogP) is 1.18. The Bertz CT molecular complexity index is 665. The van der Waals surface area contributed by atoms with E-state index in [2.05, 4.69) is 15.0 Å². The quantitative estimate of drug-likeness (QED) is 0.836. The van der Waals surface area contributed by atoms with Crippen molar-refractivity contribution >= 4 is 10.0 Å². The number of furan rings is 1. The van der Waals surface area contributed by atoms with Gasteiger partial charge in [-0.05, 0) is 25.6 Å². The maximum absolute atomic E-state index is 12.2. The molecule has 0 aromatic carbocycles. The monoisotopic (exact) mass is 295 g/mol. The average molecular weight is 295 g/mol. The molecule has 0 saturated heterocycles. The van der Waals surface area contributed by atoms with Crippen LogP contribution in [0, 0.1) is 6.92 Å². The summed E-state index contributed by atoms with van der Waals surface area (Å²) in [7, 11) is -1.82. The number of aromatic nitrogens is 1. The molecule has 0 fully saturated rings. The second-order valence-corrected chi connectivity index (χ2v) is 6.08. The summed E-state index contributed by atoms with van der Waals surface area (Å²) >= 11 is 0. The Morgan fingerprint density at radius 1 is 1.35 bits per heavy atom. The van der Waals surface area contributed by atoms with Gasteiger partial charge >= 0.3 is 0 Å². The van der Waals surface area contributed by atoms with Gasteiger partial charge in [0.05, 0.1) is 6.54 Å². The molecule has 0 saturated carbocycles. The second kappa shape index (κ2) is 6.17. The fourth-order valence-corrected chi connectivity index (χ4v) is 3.03. The lowest BCUT2D eigenvalue weighted by atomic mass is 10.3. The standard InChI is InChI=1S/C13H17N3O3S/c1-10-13(6-12(19-10)9-14-2)20(17,18)16-8-11-4-3-5-15-7-11/h3-7,14,16H,8-9H2,1-2H3. The van der Waals surface area contributed by atoms with E-state index < -0.39 is 10.0 Å². The number of hydrogen-bond donors (Lipinski definition) is 2. The fourth-order valence-electron chi connectivity index (χ4n) is 1.81. The molecule has 2 aromatic rings. The van der Waals surface area contributed by atoms with E-state index in [-0.39, 0.29) is 11.4 Å². The summed E-state index contributed by atoms with van der Waals surface area (Å²) in [6.45, 7) is 2.32. The first-order valence-corrected chi connectivity index (χ1v) is 7.63. The third kappa shape index (κ3) is 3.44. The molecule has 0 aliphatic carbocycles. The minimum absolute atomic E-state index is 0.173. The SMILES string of the molecule is CNCc1cc(S(=O)(=O)NCc2cccnc2)c(C)o1. The zero-order valence-electron chi connectivity index (χ0n) is 11.4. The van der Waals surface area contributed by atoms with Crippen molar-refractivity contribution in [2.45, 2.75) is 24.9 Å². The van der Waals surface area contributed by atoms with Gasteiger partial charge in [-0.1, -0.05) is 6.07 Å². The van der Waals surface area contributed by atoms with Crippen LogP contribution in [0.1, 0.15) is 17.1 Å². The van der Waals surface area contributed by atoms with E-state index in [1.54, 1.807) is 32.4 Å². The molecule has 0 aliphatic rings. The maximum Gasteiger partial charge on any atom is 0.244 e. The van der Waals surface area contributed by atoms with Gasteiger partial charge in [0, 0.05) is 25.0 Å². The van der Waals surface area contributed by atoms with Crippen molar-refractivity contribution in [3.63, 3.8) is 0 Å². The maximum atomic E-state index is 12.2. The van der Waals surface area contributed by atoms with Crippen molar-refractivity contribution in [1.29, 1.82) is 0 Å². The molecule has 2 rings (SSSR count). The third-order valence-electron chi connectivity index (χ3n) is 2.75. The largest absolute Gasteiger partial charge is 0.464 e. The molecule has 108 valence electrons. The summed E-state index contributed by atoms with van der Waals surface area (Å²) < 4.78 is 32.4. The number of sulfonamides is 1. The minimum Gasteiger partial charge on any atom is -0.464 e. The van der Waals surface area contributed by atoms with Gasteiger partial charge in [0.1, 0.15) is 16.4 Å². The fraction of sp³-hybridized carbons (Fsp3) is 0.308. The molecule has 0 aliphatic heterocycles. The van der Waals surface area contributed by atoms with E-state index in [9.17, 15) is 8.42 Å². The smallest absolute Gasteiger partial charge is 0.244 e. The van der Waals surface area contributed by atoms with Crippen LogP contribution in [0.4, 0.5) is 0 Å². The number of aryl methyl sites for hydroxylation is 1. The van der Waals surface area contributed by atoms with Gasteiger partial charge in [-0.25, -0.2) is 13.1 Å². The van der Waals surface area contributed by atoms with Crippen LogP contribution in [0.5, 0.6) is 0 Å². The van der Waals surface area contributed by atoms with Gasteiger partial charge in [0.2, 0.25) is 10.0 Å². The average Bonchev–Trinajstić information content (AvgIpc) is 2.80. The van der Waals surface area contributed by atoms with Gasteiger partial charge in [-0.15, -0.1) is 0 Å². The molecule has 0 bridgehead atoms. The Kier molecular flexibility index (Phi) is 4.53. The Hall–Kier alpha value is -1.70. The first kappa shape index (κ1) is 14.7. The lowest BCUT2D eigenvalue weighted by Crippen LogP contribution is -2.23. The van der Waals surface area contributed by atoms with Crippen molar-refractivity contribution < 1.29 is 12.8 Å². The summed E-state index contributed by atoms with van der Waals surface area (Å²) in [5.41, 5.74) is 0.799. The Morgan fingerprint density at radius 3 is 2.80 bits per heavy atom. The van der Waals surface area contributed by atoms with Crippen LogP contribution < -0.4 is 10.0 Å². The van der Waals surface area contributed by atoms with Crippen LogP contribution in [-0.4, -0.2) is 20.4 Å². The Labute approximate surface area is 118 Å².